The molecular formula is C15H20FN3O3. The molecule has 1 atom stereocenters. The normalized spacial score (nSPS) is 16.8. The molecule has 1 heterocycles. The molecule has 3 N–H and O–H groups in total. The second kappa shape index (κ2) is 7.84. The van der Waals surface area contributed by atoms with Crippen LogP contribution < -0.4 is 10.6 Å². The number of hydrogen-bond acceptors (Lipinski definition) is 4. The SMILES string of the molecule is O=C(N[C@@H](CO)C(=O)NC1CCCCC1)c1cccc(F)n1. The topological polar surface area (TPSA) is 91.3 Å². The van der Waals surface area contributed by atoms with Gasteiger partial charge in [-0.15, -0.1) is 0 Å². The van der Waals surface area contributed by atoms with Gasteiger partial charge in [0.15, 0.2) is 0 Å². The lowest BCUT2D eigenvalue weighted by atomic mass is 9.95. The Hall–Kier alpha value is -2.02. The highest BCUT2D eigenvalue weighted by Gasteiger charge is 2.24. The molecule has 0 radical (unpaired) electrons. The third-order valence-corrected chi connectivity index (χ3v) is 3.70. The zero-order valence-electron chi connectivity index (χ0n) is 12.2. The van der Waals surface area contributed by atoms with Crippen molar-refractivity contribution in [2.75, 3.05) is 6.61 Å². The lowest BCUT2D eigenvalue weighted by Gasteiger charge is -2.25. The maximum absolute atomic E-state index is 13.0. The number of rotatable bonds is 5. The lowest BCUT2D eigenvalue weighted by Crippen LogP contribution is -2.51. The van der Waals surface area contributed by atoms with E-state index in [2.05, 4.69) is 15.6 Å². The van der Waals surface area contributed by atoms with Crippen LogP contribution in [0.5, 0.6) is 0 Å². The summed E-state index contributed by atoms with van der Waals surface area (Å²) in [7, 11) is 0. The van der Waals surface area contributed by atoms with Crippen LogP contribution in [0.15, 0.2) is 18.2 Å². The van der Waals surface area contributed by atoms with Crippen LogP contribution in [-0.4, -0.2) is 40.6 Å². The van der Waals surface area contributed by atoms with Gasteiger partial charge in [0, 0.05) is 6.04 Å². The summed E-state index contributed by atoms with van der Waals surface area (Å²) in [6, 6.07) is 2.83. The number of carbonyl (C=O) groups excluding carboxylic acids is 2. The molecule has 6 nitrogen and oxygen atoms in total. The summed E-state index contributed by atoms with van der Waals surface area (Å²) in [5, 5.41) is 14.5. The molecule has 7 heteroatoms. The van der Waals surface area contributed by atoms with Gasteiger partial charge in [-0.1, -0.05) is 25.3 Å². The van der Waals surface area contributed by atoms with E-state index < -0.39 is 30.4 Å². The molecular weight excluding hydrogens is 289 g/mol. The molecule has 22 heavy (non-hydrogen) atoms. The van der Waals surface area contributed by atoms with Crippen LogP contribution in [0.2, 0.25) is 0 Å². The molecule has 0 unspecified atom stereocenters. The molecule has 120 valence electrons. The smallest absolute Gasteiger partial charge is 0.270 e. The summed E-state index contributed by atoms with van der Waals surface area (Å²) < 4.78 is 13.0. The molecule has 1 aliphatic rings. The molecule has 1 fully saturated rings. The Morgan fingerprint density at radius 3 is 2.68 bits per heavy atom. The van der Waals surface area contributed by atoms with E-state index in [1.807, 2.05) is 0 Å². The number of nitrogens with one attached hydrogen (secondary N) is 2. The molecule has 1 aromatic heterocycles. The average molecular weight is 309 g/mol. The standard InChI is InChI=1S/C15H20FN3O3/c16-13-8-4-7-11(18-13)14(21)19-12(9-20)15(22)17-10-5-2-1-3-6-10/h4,7-8,10,12,20H,1-3,5-6,9H2,(H,17,22)(H,19,21)/t12-/m0/s1. The fraction of sp³-hybridized carbons (Fsp3) is 0.533. The van der Waals surface area contributed by atoms with E-state index in [4.69, 9.17) is 0 Å². The van der Waals surface area contributed by atoms with Crippen molar-refractivity contribution in [2.45, 2.75) is 44.2 Å². The zero-order valence-corrected chi connectivity index (χ0v) is 12.2. The molecule has 1 aliphatic carbocycles. The summed E-state index contributed by atoms with van der Waals surface area (Å²) in [6.07, 6.45) is 5.10. The van der Waals surface area contributed by atoms with Crippen molar-refractivity contribution in [3.8, 4) is 0 Å². The van der Waals surface area contributed by atoms with E-state index in [0.717, 1.165) is 38.2 Å². The van der Waals surface area contributed by atoms with Crippen LogP contribution in [0, 0.1) is 5.95 Å². The van der Waals surface area contributed by atoms with Crippen LogP contribution in [0.3, 0.4) is 0 Å². The molecule has 0 aromatic carbocycles. The van der Waals surface area contributed by atoms with Gasteiger partial charge in [0.25, 0.3) is 5.91 Å². The minimum Gasteiger partial charge on any atom is -0.394 e. The van der Waals surface area contributed by atoms with E-state index in [0.29, 0.717) is 0 Å². The number of aromatic nitrogens is 1. The van der Waals surface area contributed by atoms with E-state index in [9.17, 15) is 19.1 Å². The molecule has 2 amide bonds. The monoisotopic (exact) mass is 309 g/mol. The Morgan fingerprint density at radius 2 is 2.05 bits per heavy atom. The second-order valence-corrected chi connectivity index (χ2v) is 5.40. The predicted octanol–water partition coefficient (Wildman–Crippen LogP) is 0.760. The van der Waals surface area contributed by atoms with Crippen LogP contribution in [-0.2, 0) is 4.79 Å². The van der Waals surface area contributed by atoms with Gasteiger partial charge in [-0.05, 0) is 25.0 Å². The first-order valence-electron chi connectivity index (χ1n) is 7.45. The van der Waals surface area contributed by atoms with Crippen LogP contribution >= 0.6 is 0 Å². The van der Waals surface area contributed by atoms with Crippen molar-refractivity contribution in [2.24, 2.45) is 0 Å². The summed E-state index contributed by atoms with van der Waals surface area (Å²) in [5.74, 6) is -1.91. The third-order valence-electron chi connectivity index (χ3n) is 3.70. The van der Waals surface area contributed by atoms with Crippen LogP contribution in [0.4, 0.5) is 4.39 Å². The van der Waals surface area contributed by atoms with E-state index >= 15 is 0 Å². The van der Waals surface area contributed by atoms with Crippen molar-refractivity contribution in [3.05, 3.63) is 29.8 Å². The van der Waals surface area contributed by atoms with Gasteiger partial charge in [0.2, 0.25) is 11.9 Å². The lowest BCUT2D eigenvalue weighted by molar-refractivity contribution is -0.124. The molecule has 0 spiro atoms. The number of carbonyl (C=O) groups is 2. The van der Waals surface area contributed by atoms with Gasteiger partial charge in [-0.25, -0.2) is 4.98 Å². The molecule has 1 aromatic rings. The Labute approximate surface area is 128 Å². The Kier molecular flexibility index (Phi) is 5.83. The minimum absolute atomic E-state index is 0.0829. The molecule has 0 bridgehead atoms. The van der Waals surface area contributed by atoms with Gasteiger partial charge in [-0.2, -0.15) is 4.39 Å². The molecule has 0 aliphatic heterocycles. The third kappa shape index (κ3) is 4.49. The first-order chi connectivity index (χ1) is 10.6. The number of aliphatic hydroxyl groups is 1. The Balaban J connectivity index is 1.92. The number of amides is 2. The zero-order chi connectivity index (χ0) is 15.9. The molecule has 2 rings (SSSR count). The highest BCUT2D eigenvalue weighted by atomic mass is 19.1. The number of aliphatic hydroxyl groups excluding tert-OH is 1. The van der Waals surface area contributed by atoms with E-state index in [1.54, 1.807) is 0 Å². The minimum atomic E-state index is -1.07. The van der Waals surface area contributed by atoms with Crippen molar-refractivity contribution in [3.63, 3.8) is 0 Å². The number of hydrogen-bond donors (Lipinski definition) is 3. The molecule has 0 saturated heterocycles. The maximum atomic E-state index is 13.0. The molecule has 1 saturated carbocycles. The highest BCUT2D eigenvalue weighted by Crippen LogP contribution is 2.17. The van der Waals surface area contributed by atoms with Gasteiger partial charge in [0.1, 0.15) is 11.7 Å². The summed E-state index contributed by atoms with van der Waals surface area (Å²) in [5.41, 5.74) is -0.135. The van der Waals surface area contributed by atoms with Gasteiger partial charge < -0.3 is 15.7 Å². The van der Waals surface area contributed by atoms with Gasteiger partial charge >= 0.3 is 0 Å². The van der Waals surface area contributed by atoms with E-state index in [-0.39, 0.29) is 11.7 Å². The predicted molar refractivity (Wildman–Crippen MR) is 77.6 cm³/mol. The van der Waals surface area contributed by atoms with Crippen molar-refractivity contribution >= 4 is 11.8 Å². The average Bonchev–Trinajstić information content (AvgIpc) is 2.53. The van der Waals surface area contributed by atoms with Crippen molar-refractivity contribution in [1.29, 1.82) is 0 Å². The van der Waals surface area contributed by atoms with Crippen molar-refractivity contribution < 1.29 is 19.1 Å². The summed E-state index contributed by atoms with van der Waals surface area (Å²) in [4.78, 5) is 27.5. The number of halogens is 1. The summed E-state index contributed by atoms with van der Waals surface area (Å²) >= 11 is 0. The van der Waals surface area contributed by atoms with Crippen LogP contribution in [0.1, 0.15) is 42.6 Å². The highest BCUT2D eigenvalue weighted by molar-refractivity contribution is 5.96. The fourth-order valence-electron chi connectivity index (χ4n) is 2.51. The second-order valence-electron chi connectivity index (χ2n) is 5.40. The first kappa shape index (κ1) is 16.4. The fourth-order valence-corrected chi connectivity index (χ4v) is 2.51. The van der Waals surface area contributed by atoms with E-state index in [1.165, 1.54) is 12.1 Å². The Morgan fingerprint density at radius 1 is 1.32 bits per heavy atom. The van der Waals surface area contributed by atoms with Crippen molar-refractivity contribution in [1.82, 2.24) is 15.6 Å². The largest absolute Gasteiger partial charge is 0.394 e. The van der Waals surface area contributed by atoms with Crippen LogP contribution in [0.25, 0.3) is 0 Å². The number of pyridine rings is 1. The summed E-state index contributed by atoms with van der Waals surface area (Å²) in [6.45, 7) is -0.528. The quantitative estimate of drug-likeness (QED) is 0.700. The maximum Gasteiger partial charge on any atom is 0.270 e. The van der Waals surface area contributed by atoms with Gasteiger partial charge in [-0.3, -0.25) is 9.59 Å². The Bertz CT molecular complexity index is 533. The first-order valence-corrected chi connectivity index (χ1v) is 7.45. The van der Waals surface area contributed by atoms with Gasteiger partial charge in [0.05, 0.1) is 6.61 Å². The number of nitrogens with zero attached hydrogens (tertiary/aromatic N) is 1.